The van der Waals surface area contributed by atoms with E-state index in [1.54, 1.807) is 37.3 Å². The van der Waals surface area contributed by atoms with Gasteiger partial charge in [0.15, 0.2) is 6.61 Å². The molecule has 0 atom stereocenters. The minimum absolute atomic E-state index is 0.171. The lowest BCUT2D eigenvalue weighted by molar-refractivity contribution is -0.118. The fourth-order valence-corrected chi connectivity index (χ4v) is 3.07. The highest BCUT2D eigenvalue weighted by Gasteiger charge is 2.15. The van der Waals surface area contributed by atoms with E-state index in [1.807, 2.05) is 6.92 Å². The fraction of sp³-hybridized carbons (Fsp3) is 0.429. The monoisotopic (exact) mass is 398 g/mol. The standard InChI is InChI=1S/C21H26N4O4/c1-3-28-20(27)16-7-9-17(10-8-16)23-18(26)14-29-19-13-15(2)22-21(24-19)25-11-5-4-6-12-25/h7-10,13H,3-6,11-12,14H2,1-2H3,(H,23,26). The second kappa shape index (κ2) is 9.86. The van der Waals surface area contributed by atoms with Crippen LogP contribution in [-0.4, -0.2) is 48.1 Å². The lowest BCUT2D eigenvalue weighted by Crippen LogP contribution is -2.31. The average molecular weight is 398 g/mol. The molecule has 154 valence electrons. The third-order valence-electron chi connectivity index (χ3n) is 4.49. The smallest absolute Gasteiger partial charge is 0.338 e. The van der Waals surface area contributed by atoms with Crippen LogP contribution in [0.25, 0.3) is 0 Å². The van der Waals surface area contributed by atoms with Crippen LogP contribution in [-0.2, 0) is 9.53 Å². The van der Waals surface area contributed by atoms with E-state index in [9.17, 15) is 9.59 Å². The highest BCUT2D eigenvalue weighted by molar-refractivity contribution is 5.93. The van der Waals surface area contributed by atoms with Crippen molar-refractivity contribution in [2.75, 3.05) is 36.5 Å². The van der Waals surface area contributed by atoms with E-state index in [1.165, 1.54) is 6.42 Å². The van der Waals surface area contributed by atoms with Gasteiger partial charge in [-0.2, -0.15) is 4.98 Å². The van der Waals surface area contributed by atoms with Gasteiger partial charge < -0.3 is 19.7 Å². The Balaban J connectivity index is 1.55. The van der Waals surface area contributed by atoms with Crippen molar-refractivity contribution in [2.24, 2.45) is 0 Å². The van der Waals surface area contributed by atoms with E-state index in [0.29, 0.717) is 29.7 Å². The SMILES string of the molecule is CCOC(=O)c1ccc(NC(=O)COc2cc(C)nc(N3CCCCC3)n2)cc1. The zero-order chi connectivity index (χ0) is 20.6. The van der Waals surface area contributed by atoms with Crippen molar-refractivity contribution < 1.29 is 19.1 Å². The molecule has 8 nitrogen and oxygen atoms in total. The molecule has 1 saturated heterocycles. The Kier molecular flexibility index (Phi) is 6.99. The Morgan fingerprint density at radius 2 is 1.83 bits per heavy atom. The Labute approximate surface area is 170 Å². The number of hydrogen-bond donors (Lipinski definition) is 1. The number of ether oxygens (including phenoxy) is 2. The van der Waals surface area contributed by atoms with Crippen LogP contribution in [0.15, 0.2) is 30.3 Å². The molecular formula is C21H26N4O4. The number of carbonyl (C=O) groups is 2. The molecule has 1 aliphatic heterocycles. The molecule has 1 fully saturated rings. The van der Waals surface area contributed by atoms with Crippen LogP contribution in [0.3, 0.4) is 0 Å². The molecule has 1 aromatic carbocycles. The third-order valence-corrected chi connectivity index (χ3v) is 4.49. The molecule has 8 heteroatoms. The molecule has 0 spiro atoms. The zero-order valence-electron chi connectivity index (χ0n) is 16.8. The number of esters is 1. The summed E-state index contributed by atoms with van der Waals surface area (Å²) in [4.78, 5) is 34.9. The fourth-order valence-electron chi connectivity index (χ4n) is 3.07. The van der Waals surface area contributed by atoms with Crippen LogP contribution in [0.2, 0.25) is 0 Å². The number of benzene rings is 1. The number of rotatable bonds is 7. The molecule has 1 amide bonds. The lowest BCUT2D eigenvalue weighted by atomic mass is 10.1. The molecule has 1 N–H and O–H groups in total. The number of aryl methyl sites for hydroxylation is 1. The Morgan fingerprint density at radius 1 is 1.10 bits per heavy atom. The molecule has 1 aromatic heterocycles. The summed E-state index contributed by atoms with van der Waals surface area (Å²) in [5, 5.41) is 2.73. The van der Waals surface area contributed by atoms with Gasteiger partial charge in [-0.3, -0.25) is 4.79 Å². The molecule has 0 saturated carbocycles. The zero-order valence-corrected chi connectivity index (χ0v) is 16.8. The van der Waals surface area contributed by atoms with Crippen LogP contribution in [0, 0.1) is 6.92 Å². The van der Waals surface area contributed by atoms with E-state index in [2.05, 4.69) is 20.2 Å². The molecule has 0 radical (unpaired) electrons. The number of carbonyl (C=O) groups excluding carboxylic acids is 2. The molecule has 0 bridgehead atoms. The van der Waals surface area contributed by atoms with Gasteiger partial charge in [-0.05, 0) is 57.4 Å². The quantitative estimate of drug-likeness (QED) is 0.717. The summed E-state index contributed by atoms with van der Waals surface area (Å²) in [7, 11) is 0. The van der Waals surface area contributed by atoms with Gasteiger partial charge in [0.05, 0.1) is 12.2 Å². The van der Waals surface area contributed by atoms with E-state index in [4.69, 9.17) is 9.47 Å². The maximum Gasteiger partial charge on any atom is 0.338 e. The van der Waals surface area contributed by atoms with E-state index in [0.717, 1.165) is 31.6 Å². The van der Waals surface area contributed by atoms with Crippen molar-refractivity contribution >= 4 is 23.5 Å². The van der Waals surface area contributed by atoms with Crippen molar-refractivity contribution in [3.05, 3.63) is 41.6 Å². The topological polar surface area (TPSA) is 93.6 Å². The summed E-state index contributed by atoms with van der Waals surface area (Å²) < 4.78 is 10.5. The van der Waals surface area contributed by atoms with E-state index < -0.39 is 5.97 Å². The maximum absolute atomic E-state index is 12.2. The number of amides is 1. The minimum atomic E-state index is -0.391. The summed E-state index contributed by atoms with van der Waals surface area (Å²) in [5.74, 6) is 0.322. The maximum atomic E-state index is 12.2. The molecule has 0 aliphatic carbocycles. The van der Waals surface area contributed by atoms with Gasteiger partial charge in [0.1, 0.15) is 0 Å². The van der Waals surface area contributed by atoms with Gasteiger partial charge in [-0.15, -0.1) is 0 Å². The van der Waals surface area contributed by atoms with Crippen molar-refractivity contribution in [2.45, 2.75) is 33.1 Å². The second-order valence-electron chi connectivity index (χ2n) is 6.83. The predicted octanol–water partition coefficient (Wildman–Crippen LogP) is 2.97. The number of hydrogen-bond acceptors (Lipinski definition) is 7. The van der Waals surface area contributed by atoms with E-state index in [-0.39, 0.29) is 12.5 Å². The minimum Gasteiger partial charge on any atom is -0.467 e. The Morgan fingerprint density at radius 3 is 2.52 bits per heavy atom. The molecule has 2 heterocycles. The number of piperidine rings is 1. The van der Waals surface area contributed by atoms with Crippen LogP contribution in [0.4, 0.5) is 11.6 Å². The van der Waals surface area contributed by atoms with E-state index >= 15 is 0 Å². The second-order valence-corrected chi connectivity index (χ2v) is 6.83. The summed E-state index contributed by atoms with van der Waals surface area (Å²) in [6.07, 6.45) is 3.49. The van der Waals surface area contributed by atoms with Gasteiger partial charge >= 0.3 is 5.97 Å². The molecule has 29 heavy (non-hydrogen) atoms. The van der Waals surface area contributed by atoms with Crippen LogP contribution < -0.4 is 15.0 Å². The Bertz CT molecular complexity index is 848. The lowest BCUT2D eigenvalue weighted by Gasteiger charge is -2.26. The van der Waals surface area contributed by atoms with Gasteiger partial charge in [0, 0.05) is 30.5 Å². The van der Waals surface area contributed by atoms with Gasteiger partial charge in [0.25, 0.3) is 5.91 Å². The average Bonchev–Trinajstić information content (AvgIpc) is 2.73. The summed E-state index contributed by atoms with van der Waals surface area (Å²) >= 11 is 0. The van der Waals surface area contributed by atoms with Gasteiger partial charge in [-0.1, -0.05) is 0 Å². The number of anilines is 2. The summed E-state index contributed by atoms with van der Waals surface area (Å²) in [6, 6.07) is 8.22. The van der Waals surface area contributed by atoms with Crippen LogP contribution in [0.1, 0.15) is 42.2 Å². The highest BCUT2D eigenvalue weighted by atomic mass is 16.5. The molecule has 3 rings (SSSR count). The number of nitrogens with zero attached hydrogens (tertiary/aromatic N) is 3. The molecule has 1 aliphatic rings. The number of nitrogens with one attached hydrogen (secondary N) is 1. The van der Waals surface area contributed by atoms with Crippen molar-refractivity contribution in [1.82, 2.24) is 9.97 Å². The first-order valence-electron chi connectivity index (χ1n) is 9.85. The van der Waals surface area contributed by atoms with Crippen LogP contribution in [0.5, 0.6) is 5.88 Å². The molecule has 2 aromatic rings. The largest absolute Gasteiger partial charge is 0.467 e. The highest BCUT2D eigenvalue weighted by Crippen LogP contribution is 2.19. The Hall–Kier alpha value is -3.16. The molecular weight excluding hydrogens is 372 g/mol. The third kappa shape index (κ3) is 5.91. The molecule has 0 unspecified atom stereocenters. The summed E-state index contributed by atoms with van der Waals surface area (Å²) in [6.45, 7) is 5.65. The van der Waals surface area contributed by atoms with Gasteiger partial charge in [-0.25, -0.2) is 9.78 Å². The van der Waals surface area contributed by atoms with Crippen molar-refractivity contribution in [3.63, 3.8) is 0 Å². The van der Waals surface area contributed by atoms with Gasteiger partial charge in [0.2, 0.25) is 11.8 Å². The van der Waals surface area contributed by atoms with Crippen molar-refractivity contribution in [1.29, 1.82) is 0 Å². The first-order chi connectivity index (χ1) is 14.0. The summed E-state index contributed by atoms with van der Waals surface area (Å²) in [5.41, 5.74) is 1.80. The first-order valence-corrected chi connectivity index (χ1v) is 9.85. The van der Waals surface area contributed by atoms with Crippen molar-refractivity contribution in [3.8, 4) is 5.88 Å². The first kappa shape index (κ1) is 20.6. The predicted molar refractivity (Wildman–Crippen MR) is 109 cm³/mol. The normalized spacial score (nSPS) is 13.7. The number of aromatic nitrogens is 2. The van der Waals surface area contributed by atoms with Crippen LogP contribution >= 0.6 is 0 Å².